The van der Waals surface area contributed by atoms with Crippen LogP contribution in [0.2, 0.25) is 0 Å². The number of aromatic amines is 1. The van der Waals surface area contributed by atoms with Crippen molar-refractivity contribution in [3.8, 4) is 11.5 Å². The molecule has 0 aliphatic heterocycles. The van der Waals surface area contributed by atoms with E-state index in [0.29, 0.717) is 34.6 Å². The van der Waals surface area contributed by atoms with E-state index in [1.54, 1.807) is 49.6 Å². The number of nitrogens with zero attached hydrogens (tertiary/aromatic N) is 2. The van der Waals surface area contributed by atoms with Gasteiger partial charge in [-0.15, -0.1) is 4.68 Å². The second-order valence-electron chi connectivity index (χ2n) is 7.02. The minimum Gasteiger partial charge on any atom is -0.493 e. The number of hydrogen-bond donors (Lipinski definition) is 1. The Morgan fingerprint density at radius 1 is 1.00 bits per heavy atom. The number of H-pyrrole nitrogens is 1. The van der Waals surface area contributed by atoms with E-state index < -0.39 is 11.2 Å². The van der Waals surface area contributed by atoms with E-state index in [-0.39, 0.29) is 0 Å². The second-order valence-corrected chi connectivity index (χ2v) is 7.02. The molecule has 0 aliphatic rings. The van der Waals surface area contributed by atoms with Gasteiger partial charge in [0, 0.05) is 0 Å². The summed E-state index contributed by atoms with van der Waals surface area (Å²) in [6, 6.07) is 20.2. The Morgan fingerprint density at radius 3 is 2.55 bits per heavy atom. The molecule has 3 aromatic carbocycles. The number of benzene rings is 3. The summed E-state index contributed by atoms with van der Waals surface area (Å²) in [4.78, 5) is 27.5. The number of rotatable bonds is 6. The third-order valence-corrected chi connectivity index (χ3v) is 4.81. The lowest BCUT2D eigenvalue weighted by atomic mass is 10.2. The third-order valence-electron chi connectivity index (χ3n) is 4.81. The van der Waals surface area contributed by atoms with Crippen LogP contribution in [0.4, 0.5) is 0 Å². The highest BCUT2D eigenvalue weighted by molar-refractivity contribution is 5.81. The number of aryl methyl sites for hydroxylation is 1. The molecule has 1 aromatic heterocycles. The summed E-state index contributed by atoms with van der Waals surface area (Å²) in [6.07, 6.45) is 1.43. The number of fused-ring (bicyclic) bond motifs is 1. The molecule has 0 amide bonds. The molecule has 0 saturated heterocycles. The summed E-state index contributed by atoms with van der Waals surface area (Å²) < 4.78 is 12.1. The van der Waals surface area contributed by atoms with E-state index in [1.165, 1.54) is 11.8 Å². The Morgan fingerprint density at radius 2 is 1.77 bits per heavy atom. The van der Waals surface area contributed by atoms with Gasteiger partial charge in [-0.25, -0.2) is 4.79 Å². The molecule has 0 fully saturated rings. The Bertz CT molecular complexity index is 1370. The number of para-hydroxylation sites is 1. The van der Waals surface area contributed by atoms with Crippen molar-refractivity contribution in [2.24, 2.45) is 5.10 Å². The summed E-state index contributed by atoms with van der Waals surface area (Å²) in [6.45, 7) is 2.44. The maximum absolute atomic E-state index is 12.6. The molecule has 4 aromatic rings. The molecule has 0 atom stereocenters. The van der Waals surface area contributed by atoms with Crippen LogP contribution in [0.1, 0.15) is 16.7 Å². The van der Waals surface area contributed by atoms with Crippen LogP contribution in [-0.2, 0) is 6.61 Å². The molecular formula is C24H21N3O4. The first kappa shape index (κ1) is 20.2. The molecule has 1 heterocycles. The quantitative estimate of drug-likeness (QED) is 0.489. The fourth-order valence-corrected chi connectivity index (χ4v) is 3.11. The molecule has 7 nitrogen and oxygen atoms in total. The number of nitrogens with one attached hydrogen (secondary N) is 1. The summed E-state index contributed by atoms with van der Waals surface area (Å²) in [5.74, 6) is 1.11. The number of ether oxygens (including phenoxy) is 2. The van der Waals surface area contributed by atoms with Gasteiger partial charge in [0.15, 0.2) is 11.5 Å². The van der Waals surface area contributed by atoms with Gasteiger partial charge in [-0.1, -0.05) is 42.0 Å². The van der Waals surface area contributed by atoms with Crippen LogP contribution in [0, 0.1) is 6.92 Å². The predicted octanol–water partition coefficient (Wildman–Crippen LogP) is 3.47. The van der Waals surface area contributed by atoms with Gasteiger partial charge in [-0.3, -0.25) is 4.79 Å². The molecular weight excluding hydrogens is 394 g/mol. The molecule has 0 unspecified atom stereocenters. The molecule has 0 aliphatic carbocycles. The largest absolute Gasteiger partial charge is 0.493 e. The third kappa shape index (κ3) is 4.40. The highest BCUT2D eigenvalue weighted by Crippen LogP contribution is 2.28. The van der Waals surface area contributed by atoms with Gasteiger partial charge in [0.05, 0.1) is 24.2 Å². The lowest BCUT2D eigenvalue weighted by molar-refractivity contribution is 0.284. The minimum absolute atomic E-state index is 0.386. The Hall–Kier alpha value is -4.13. The molecule has 0 radical (unpaired) electrons. The zero-order valence-corrected chi connectivity index (χ0v) is 17.2. The maximum atomic E-state index is 12.6. The van der Waals surface area contributed by atoms with Gasteiger partial charge in [-0.2, -0.15) is 5.10 Å². The van der Waals surface area contributed by atoms with Gasteiger partial charge < -0.3 is 14.5 Å². The standard InChI is InChI=1S/C24H21N3O4/c1-16-7-9-17(10-8-16)15-31-21-12-11-18(13-22(21)30-2)14-25-27-23(28)19-5-3-4-6-20(19)26-24(27)29/h3-14H,15H2,1-2H3,(H,26,29). The Kier molecular flexibility index (Phi) is 5.66. The monoisotopic (exact) mass is 415 g/mol. The SMILES string of the molecule is COc1cc(C=Nn2c(=O)[nH]c3ccccc3c2=O)ccc1OCc1ccc(C)cc1. The van der Waals surface area contributed by atoms with Crippen molar-refractivity contribution in [2.75, 3.05) is 7.11 Å². The van der Waals surface area contributed by atoms with E-state index in [2.05, 4.69) is 10.1 Å². The van der Waals surface area contributed by atoms with E-state index >= 15 is 0 Å². The van der Waals surface area contributed by atoms with Crippen LogP contribution in [-0.4, -0.2) is 23.0 Å². The summed E-state index contributed by atoms with van der Waals surface area (Å²) >= 11 is 0. The normalized spacial score (nSPS) is 11.2. The highest BCUT2D eigenvalue weighted by Gasteiger charge is 2.08. The molecule has 0 saturated carbocycles. The average Bonchev–Trinajstić information content (AvgIpc) is 2.79. The maximum Gasteiger partial charge on any atom is 0.349 e. The van der Waals surface area contributed by atoms with Gasteiger partial charge in [-0.05, 0) is 48.4 Å². The zero-order valence-electron chi connectivity index (χ0n) is 17.2. The van der Waals surface area contributed by atoms with Crippen LogP contribution in [0.5, 0.6) is 11.5 Å². The van der Waals surface area contributed by atoms with Crippen LogP contribution in [0.15, 0.2) is 81.4 Å². The van der Waals surface area contributed by atoms with Gasteiger partial charge in [0.2, 0.25) is 0 Å². The van der Waals surface area contributed by atoms with Crippen molar-refractivity contribution in [2.45, 2.75) is 13.5 Å². The van der Waals surface area contributed by atoms with Crippen molar-refractivity contribution < 1.29 is 9.47 Å². The van der Waals surface area contributed by atoms with Crippen LogP contribution in [0.25, 0.3) is 10.9 Å². The fourth-order valence-electron chi connectivity index (χ4n) is 3.11. The van der Waals surface area contributed by atoms with Crippen molar-refractivity contribution in [1.82, 2.24) is 9.66 Å². The fraction of sp³-hybridized carbons (Fsp3) is 0.125. The van der Waals surface area contributed by atoms with E-state index in [9.17, 15) is 9.59 Å². The van der Waals surface area contributed by atoms with Crippen molar-refractivity contribution in [3.05, 3.63) is 104 Å². The average molecular weight is 415 g/mol. The lowest BCUT2D eigenvalue weighted by Crippen LogP contribution is -2.32. The molecule has 1 N–H and O–H groups in total. The van der Waals surface area contributed by atoms with Gasteiger partial charge in [0.25, 0.3) is 5.56 Å². The first-order valence-electron chi connectivity index (χ1n) is 9.70. The number of aromatic nitrogens is 2. The predicted molar refractivity (Wildman–Crippen MR) is 120 cm³/mol. The van der Waals surface area contributed by atoms with Gasteiger partial charge in [0.1, 0.15) is 6.61 Å². The Balaban J connectivity index is 1.57. The van der Waals surface area contributed by atoms with E-state index in [4.69, 9.17) is 9.47 Å². The van der Waals surface area contributed by atoms with Crippen LogP contribution < -0.4 is 20.7 Å². The molecule has 0 spiro atoms. The molecule has 0 bridgehead atoms. The first-order chi connectivity index (χ1) is 15.0. The van der Waals surface area contributed by atoms with E-state index in [1.807, 2.05) is 31.2 Å². The molecule has 4 rings (SSSR count). The molecule has 7 heteroatoms. The number of hydrogen-bond acceptors (Lipinski definition) is 5. The smallest absolute Gasteiger partial charge is 0.349 e. The number of methoxy groups -OCH3 is 1. The van der Waals surface area contributed by atoms with Gasteiger partial charge >= 0.3 is 5.69 Å². The second kappa shape index (κ2) is 8.71. The summed E-state index contributed by atoms with van der Waals surface area (Å²) in [5, 5.41) is 4.46. The minimum atomic E-state index is -0.607. The van der Waals surface area contributed by atoms with Crippen molar-refractivity contribution in [1.29, 1.82) is 0 Å². The zero-order chi connectivity index (χ0) is 21.8. The highest BCUT2D eigenvalue weighted by atomic mass is 16.5. The summed E-state index contributed by atoms with van der Waals surface area (Å²) in [5.41, 5.74) is 2.27. The van der Waals surface area contributed by atoms with Crippen molar-refractivity contribution >= 4 is 17.1 Å². The van der Waals surface area contributed by atoms with Crippen molar-refractivity contribution in [3.63, 3.8) is 0 Å². The van der Waals surface area contributed by atoms with Crippen LogP contribution in [0.3, 0.4) is 0 Å². The molecule has 31 heavy (non-hydrogen) atoms. The lowest BCUT2D eigenvalue weighted by Gasteiger charge is -2.11. The first-order valence-corrected chi connectivity index (χ1v) is 9.70. The summed E-state index contributed by atoms with van der Waals surface area (Å²) in [7, 11) is 1.55. The molecule has 156 valence electrons. The van der Waals surface area contributed by atoms with E-state index in [0.717, 1.165) is 10.2 Å². The van der Waals surface area contributed by atoms with Crippen LogP contribution >= 0.6 is 0 Å². The Labute approximate surface area is 178 Å². The topological polar surface area (TPSA) is 85.7 Å².